The van der Waals surface area contributed by atoms with Crippen molar-refractivity contribution < 1.29 is 0 Å². The lowest BCUT2D eigenvalue weighted by Gasteiger charge is -2.08. The zero-order valence-corrected chi connectivity index (χ0v) is 13.1. The maximum absolute atomic E-state index is 6.11. The summed E-state index contributed by atoms with van der Waals surface area (Å²) in [4.78, 5) is 4.65. The molecule has 104 valence electrons. The van der Waals surface area contributed by atoms with Gasteiger partial charge in [-0.25, -0.2) is 4.98 Å². The Bertz CT molecular complexity index is 952. The van der Waals surface area contributed by atoms with Crippen LogP contribution in [0.1, 0.15) is 11.4 Å². The lowest BCUT2D eigenvalue weighted by Crippen LogP contribution is -1.99. The van der Waals surface area contributed by atoms with E-state index in [9.17, 15) is 0 Å². The Morgan fingerprint density at radius 2 is 2.05 bits per heavy atom. The molecule has 0 radical (unpaired) electrons. The monoisotopic (exact) mass is 312 g/mol. The van der Waals surface area contributed by atoms with Gasteiger partial charge in [-0.2, -0.15) is 0 Å². The second-order valence-corrected chi connectivity index (χ2v) is 6.35. The highest BCUT2D eigenvalue weighted by Gasteiger charge is 2.12. The van der Waals surface area contributed by atoms with Crippen molar-refractivity contribution in [1.29, 1.82) is 0 Å². The number of imidazole rings is 1. The van der Waals surface area contributed by atoms with Crippen molar-refractivity contribution >= 4 is 44.1 Å². The molecule has 21 heavy (non-hydrogen) atoms. The number of alkyl halides is 1. The van der Waals surface area contributed by atoms with Crippen LogP contribution in [0.15, 0.2) is 47.8 Å². The minimum Gasteiger partial charge on any atom is -0.295 e. The second-order valence-electron chi connectivity index (χ2n) is 5.13. The fourth-order valence-corrected chi connectivity index (χ4v) is 3.66. The van der Waals surface area contributed by atoms with Gasteiger partial charge in [-0.15, -0.1) is 22.9 Å². The average Bonchev–Trinajstić information content (AvgIpc) is 3.09. The quantitative estimate of drug-likeness (QED) is 0.460. The highest BCUT2D eigenvalue weighted by molar-refractivity contribution is 7.17. The van der Waals surface area contributed by atoms with Crippen molar-refractivity contribution in [2.24, 2.45) is 0 Å². The second kappa shape index (κ2) is 4.86. The van der Waals surface area contributed by atoms with Crippen LogP contribution < -0.4 is 0 Å². The van der Waals surface area contributed by atoms with Crippen molar-refractivity contribution in [3.63, 3.8) is 0 Å². The number of hydrogen-bond acceptors (Lipinski definition) is 2. The summed E-state index contributed by atoms with van der Waals surface area (Å²) in [6.07, 6.45) is 0. The fraction of sp³-hybridized carbons (Fsp3) is 0.118. The Kier molecular flexibility index (Phi) is 2.98. The number of rotatable bonds is 2. The number of nitrogens with zero attached hydrogens (tertiary/aromatic N) is 2. The molecule has 0 atom stereocenters. The van der Waals surface area contributed by atoms with Crippen molar-refractivity contribution in [3.05, 3.63) is 59.2 Å². The molecule has 0 unspecified atom stereocenters. The van der Waals surface area contributed by atoms with Crippen LogP contribution in [0, 0.1) is 6.92 Å². The molecular weight excluding hydrogens is 300 g/mol. The van der Waals surface area contributed by atoms with Gasteiger partial charge in [-0.3, -0.25) is 4.57 Å². The minimum absolute atomic E-state index is 0.398. The Morgan fingerprint density at radius 1 is 1.14 bits per heavy atom. The zero-order valence-electron chi connectivity index (χ0n) is 11.5. The summed E-state index contributed by atoms with van der Waals surface area (Å²) < 4.78 is 3.46. The van der Waals surface area contributed by atoms with Gasteiger partial charge in [0.2, 0.25) is 0 Å². The molecule has 2 aromatic heterocycles. The number of aryl methyl sites for hydroxylation is 1. The van der Waals surface area contributed by atoms with E-state index in [1.54, 1.807) is 11.3 Å². The van der Waals surface area contributed by atoms with Gasteiger partial charge in [-0.1, -0.05) is 6.07 Å². The number of halogens is 1. The molecule has 0 saturated carbocycles. The van der Waals surface area contributed by atoms with Gasteiger partial charge in [-0.05, 0) is 59.7 Å². The van der Waals surface area contributed by atoms with Gasteiger partial charge in [0, 0.05) is 10.4 Å². The van der Waals surface area contributed by atoms with Crippen LogP contribution in [-0.4, -0.2) is 9.55 Å². The van der Waals surface area contributed by atoms with Crippen molar-refractivity contribution in [2.45, 2.75) is 12.8 Å². The summed E-state index contributed by atoms with van der Waals surface area (Å²) in [7, 11) is 0. The molecule has 0 spiro atoms. The number of hydrogen-bond donors (Lipinski definition) is 0. The van der Waals surface area contributed by atoms with E-state index in [4.69, 9.17) is 11.6 Å². The van der Waals surface area contributed by atoms with E-state index in [-0.39, 0.29) is 0 Å². The summed E-state index contributed by atoms with van der Waals surface area (Å²) in [5, 5.41) is 3.38. The third-order valence-electron chi connectivity index (χ3n) is 3.69. The molecule has 0 bridgehead atoms. The lowest BCUT2D eigenvalue weighted by molar-refractivity contribution is 0.983. The first kappa shape index (κ1) is 12.9. The Morgan fingerprint density at radius 3 is 2.90 bits per heavy atom. The topological polar surface area (TPSA) is 17.8 Å². The smallest absolute Gasteiger partial charge is 0.129 e. The van der Waals surface area contributed by atoms with E-state index in [2.05, 4.69) is 64.3 Å². The third-order valence-corrected chi connectivity index (χ3v) is 4.83. The number of benzene rings is 2. The van der Waals surface area contributed by atoms with Crippen LogP contribution in [0.4, 0.5) is 0 Å². The number of thiophene rings is 1. The average molecular weight is 313 g/mol. The Balaban J connectivity index is 2.05. The van der Waals surface area contributed by atoms with Gasteiger partial charge in [0.05, 0.1) is 16.9 Å². The van der Waals surface area contributed by atoms with E-state index < -0.39 is 0 Å². The van der Waals surface area contributed by atoms with Crippen molar-refractivity contribution in [3.8, 4) is 5.69 Å². The third kappa shape index (κ3) is 2.04. The van der Waals surface area contributed by atoms with Crippen LogP contribution >= 0.6 is 22.9 Å². The van der Waals surface area contributed by atoms with Gasteiger partial charge >= 0.3 is 0 Å². The highest BCUT2D eigenvalue weighted by atomic mass is 35.5. The van der Waals surface area contributed by atoms with E-state index in [0.717, 1.165) is 22.5 Å². The van der Waals surface area contributed by atoms with Crippen LogP contribution in [-0.2, 0) is 5.88 Å². The van der Waals surface area contributed by atoms with E-state index >= 15 is 0 Å². The summed E-state index contributed by atoms with van der Waals surface area (Å²) in [5.41, 5.74) is 4.44. The van der Waals surface area contributed by atoms with Crippen LogP contribution in [0.25, 0.3) is 26.8 Å². The Labute approximate surface area is 131 Å². The summed E-state index contributed by atoms with van der Waals surface area (Å²) in [6.45, 7) is 2.10. The molecule has 0 amide bonds. The molecule has 0 aliphatic carbocycles. The lowest BCUT2D eigenvalue weighted by atomic mass is 10.2. The molecular formula is C17H13ClN2S. The standard InChI is InChI=1S/C17H13ClN2S/c1-11-2-4-14-15(8-11)20(17(10-18)19-14)13-3-5-16-12(9-13)6-7-21-16/h2-9H,10H2,1H3. The van der Waals surface area contributed by atoms with E-state index in [1.165, 1.54) is 15.6 Å². The fourth-order valence-electron chi connectivity index (χ4n) is 2.71. The first-order chi connectivity index (χ1) is 10.3. The first-order valence-electron chi connectivity index (χ1n) is 6.78. The van der Waals surface area contributed by atoms with Crippen LogP contribution in [0.5, 0.6) is 0 Å². The van der Waals surface area contributed by atoms with Crippen LogP contribution in [0.3, 0.4) is 0 Å². The molecule has 4 heteroatoms. The first-order valence-corrected chi connectivity index (χ1v) is 8.19. The molecule has 2 aromatic carbocycles. The predicted octanol–water partition coefficient (Wildman–Crippen LogP) is 5.29. The molecule has 0 aliphatic heterocycles. The van der Waals surface area contributed by atoms with Crippen LogP contribution in [0.2, 0.25) is 0 Å². The van der Waals surface area contributed by atoms with Crippen molar-refractivity contribution in [1.82, 2.24) is 9.55 Å². The maximum Gasteiger partial charge on any atom is 0.129 e. The highest BCUT2D eigenvalue weighted by Crippen LogP contribution is 2.28. The number of fused-ring (bicyclic) bond motifs is 2. The number of aromatic nitrogens is 2. The van der Waals surface area contributed by atoms with Gasteiger partial charge in [0.15, 0.2) is 0 Å². The molecule has 4 aromatic rings. The summed E-state index contributed by atoms with van der Waals surface area (Å²) >= 11 is 7.87. The molecule has 4 rings (SSSR count). The molecule has 0 saturated heterocycles. The molecule has 0 fully saturated rings. The SMILES string of the molecule is Cc1ccc2nc(CCl)n(-c3ccc4sccc4c3)c2c1. The summed E-state index contributed by atoms with van der Waals surface area (Å²) in [6, 6.07) is 14.9. The maximum atomic E-state index is 6.11. The van der Waals surface area contributed by atoms with Crippen molar-refractivity contribution in [2.75, 3.05) is 0 Å². The Hall–Kier alpha value is -1.84. The largest absolute Gasteiger partial charge is 0.295 e. The van der Waals surface area contributed by atoms with Gasteiger partial charge in [0.1, 0.15) is 5.82 Å². The normalized spacial score (nSPS) is 11.5. The zero-order chi connectivity index (χ0) is 14.4. The summed E-state index contributed by atoms with van der Waals surface area (Å²) in [5.74, 6) is 1.28. The minimum atomic E-state index is 0.398. The molecule has 2 heterocycles. The predicted molar refractivity (Wildman–Crippen MR) is 90.7 cm³/mol. The molecule has 0 aliphatic rings. The van der Waals surface area contributed by atoms with E-state index in [0.29, 0.717) is 5.88 Å². The molecule has 0 N–H and O–H groups in total. The van der Waals surface area contributed by atoms with Gasteiger partial charge < -0.3 is 0 Å². The van der Waals surface area contributed by atoms with E-state index in [1.807, 2.05) is 0 Å². The molecule has 2 nitrogen and oxygen atoms in total. The van der Waals surface area contributed by atoms with Gasteiger partial charge in [0.25, 0.3) is 0 Å².